The van der Waals surface area contributed by atoms with Crippen LogP contribution >= 0.6 is 11.8 Å². The summed E-state index contributed by atoms with van der Waals surface area (Å²) in [5.41, 5.74) is 1.31. The monoisotopic (exact) mass is 279 g/mol. The predicted octanol–water partition coefficient (Wildman–Crippen LogP) is 3.33. The molecule has 1 unspecified atom stereocenters. The van der Waals surface area contributed by atoms with E-state index in [4.69, 9.17) is 0 Å². The molecule has 19 heavy (non-hydrogen) atoms. The van der Waals surface area contributed by atoms with E-state index < -0.39 is 0 Å². The fourth-order valence-corrected chi connectivity index (χ4v) is 3.43. The molecule has 1 aliphatic heterocycles. The number of anilines is 1. The second-order valence-corrected chi connectivity index (χ2v) is 6.33. The van der Waals surface area contributed by atoms with E-state index in [2.05, 4.69) is 40.8 Å². The van der Waals surface area contributed by atoms with Gasteiger partial charge in [0.2, 0.25) is 0 Å². The van der Waals surface area contributed by atoms with Gasteiger partial charge in [0, 0.05) is 29.7 Å². The number of fused-ring (bicyclic) bond motifs is 1. The van der Waals surface area contributed by atoms with E-state index in [1.807, 2.05) is 11.8 Å². The second kappa shape index (κ2) is 6.85. The van der Waals surface area contributed by atoms with E-state index in [1.165, 1.54) is 24.1 Å². The van der Waals surface area contributed by atoms with Crippen LogP contribution in [0.25, 0.3) is 0 Å². The SMILES string of the molecule is COC(=O)CCCN1CCC(C)Sc2ccccc21. The zero-order valence-corrected chi connectivity index (χ0v) is 12.4. The minimum Gasteiger partial charge on any atom is -0.469 e. The summed E-state index contributed by atoms with van der Waals surface area (Å²) < 4.78 is 4.69. The van der Waals surface area contributed by atoms with E-state index in [-0.39, 0.29) is 5.97 Å². The van der Waals surface area contributed by atoms with Gasteiger partial charge in [-0.15, -0.1) is 11.8 Å². The van der Waals surface area contributed by atoms with E-state index in [0.717, 1.165) is 19.5 Å². The Balaban J connectivity index is 2.02. The Hall–Kier alpha value is -1.16. The molecule has 0 fully saturated rings. The molecule has 0 bridgehead atoms. The van der Waals surface area contributed by atoms with Crippen LogP contribution in [-0.2, 0) is 9.53 Å². The fourth-order valence-electron chi connectivity index (χ4n) is 2.30. The third kappa shape index (κ3) is 3.90. The van der Waals surface area contributed by atoms with Gasteiger partial charge in [-0.2, -0.15) is 0 Å². The number of thioether (sulfide) groups is 1. The topological polar surface area (TPSA) is 29.5 Å². The van der Waals surface area contributed by atoms with E-state index >= 15 is 0 Å². The number of hydrogen-bond acceptors (Lipinski definition) is 4. The van der Waals surface area contributed by atoms with E-state index in [1.54, 1.807) is 0 Å². The Morgan fingerprint density at radius 1 is 1.47 bits per heavy atom. The molecular weight excluding hydrogens is 258 g/mol. The summed E-state index contributed by atoms with van der Waals surface area (Å²) in [4.78, 5) is 14.9. The van der Waals surface area contributed by atoms with Crippen molar-refractivity contribution in [3.05, 3.63) is 24.3 Å². The van der Waals surface area contributed by atoms with Crippen LogP contribution < -0.4 is 4.90 Å². The standard InChI is InChI=1S/C15H21NO2S/c1-12-9-11-16(10-5-8-15(17)18-2)13-6-3-4-7-14(13)19-12/h3-4,6-7,12H,5,8-11H2,1-2H3. The molecule has 0 aliphatic carbocycles. The minimum atomic E-state index is -0.120. The van der Waals surface area contributed by atoms with Crippen molar-refractivity contribution in [2.24, 2.45) is 0 Å². The lowest BCUT2D eigenvalue weighted by molar-refractivity contribution is -0.140. The van der Waals surface area contributed by atoms with Gasteiger partial charge in [-0.25, -0.2) is 0 Å². The highest BCUT2D eigenvalue weighted by atomic mass is 32.2. The lowest BCUT2D eigenvalue weighted by Crippen LogP contribution is -2.26. The highest BCUT2D eigenvalue weighted by molar-refractivity contribution is 8.00. The van der Waals surface area contributed by atoms with Crippen molar-refractivity contribution in [1.82, 2.24) is 0 Å². The van der Waals surface area contributed by atoms with Gasteiger partial charge in [-0.05, 0) is 25.0 Å². The van der Waals surface area contributed by atoms with Crippen LogP contribution in [0.5, 0.6) is 0 Å². The Kier molecular flexibility index (Phi) is 5.14. The predicted molar refractivity (Wildman–Crippen MR) is 79.8 cm³/mol. The molecular formula is C15H21NO2S. The summed E-state index contributed by atoms with van der Waals surface area (Å²) in [6.07, 6.45) is 2.52. The molecule has 0 radical (unpaired) electrons. The van der Waals surface area contributed by atoms with Crippen LogP contribution in [0.15, 0.2) is 29.2 Å². The number of ether oxygens (including phenoxy) is 1. The molecule has 2 rings (SSSR count). The summed E-state index contributed by atoms with van der Waals surface area (Å²) in [6, 6.07) is 8.55. The van der Waals surface area contributed by atoms with Crippen molar-refractivity contribution >= 4 is 23.4 Å². The normalized spacial score (nSPS) is 18.6. The molecule has 0 aromatic heterocycles. The summed E-state index contributed by atoms with van der Waals surface area (Å²) in [7, 11) is 1.45. The van der Waals surface area contributed by atoms with Gasteiger partial charge in [-0.1, -0.05) is 19.1 Å². The van der Waals surface area contributed by atoms with Gasteiger partial charge in [0.1, 0.15) is 0 Å². The molecule has 0 spiro atoms. The summed E-state index contributed by atoms with van der Waals surface area (Å²) in [6.45, 7) is 4.26. The Morgan fingerprint density at radius 2 is 2.26 bits per heavy atom. The number of rotatable bonds is 4. The molecule has 1 aliphatic rings. The van der Waals surface area contributed by atoms with Crippen LogP contribution in [0.1, 0.15) is 26.2 Å². The molecule has 1 aromatic rings. The highest BCUT2D eigenvalue weighted by Crippen LogP contribution is 2.37. The molecule has 4 heteroatoms. The van der Waals surface area contributed by atoms with Crippen molar-refractivity contribution < 1.29 is 9.53 Å². The molecule has 1 atom stereocenters. The molecule has 1 heterocycles. The fraction of sp³-hybridized carbons (Fsp3) is 0.533. The summed E-state index contributed by atoms with van der Waals surface area (Å²) in [5, 5.41) is 0.645. The zero-order chi connectivity index (χ0) is 13.7. The first kappa shape index (κ1) is 14.3. The molecule has 1 aromatic carbocycles. The number of carbonyl (C=O) groups excluding carboxylic acids is 1. The highest BCUT2D eigenvalue weighted by Gasteiger charge is 2.19. The van der Waals surface area contributed by atoms with Crippen LogP contribution in [0, 0.1) is 0 Å². The van der Waals surface area contributed by atoms with E-state index in [0.29, 0.717) is 11.7 Å². The van der Waals surface area contributed by atoms with Gasteiger partial charge >= 0.3 is 5.97 Å². The number of nitrogens with zero attached hydrogens (tertiary/aromatic N) is 1. The number of para-hydroxylation sites is 1. The van der Waals surface area contributed by atoms with Gasteiger partial charge in [0.15, 0.2) is 0 Å². The van der Waals surface area contributed by atoms with Crippen LogP contribution in [0.2, 0.25) is 0 Å². The number of hydrogen-bond donors (Lipinski definition) is 0. The van der Waals surface area contributed by atoms with Gasteiger partial charge in [0.25, 0.3) is 0 Å². The first-order valence-electron chi connectivity index (χ1n) is 6.78. The summed E-state index contributed by atoms with van der Waals surface area (Å²) >= 11 is 1.95. The third-order valence-corrected chi connectivity index (χ3v) is 4.61. The van der Waals surface area contributed by atoms with E-state index in [9.17, 15) is 4.79 Å². The maximum Gasteiger partial charge on any atom is 0.305 e. The summed E-state index contributed by atoms with van der Waals surface area (Å²) in [5.74, 6) is -0.120. The van der Waals surface area contributed by atoms with Crippen LogP contribution in [0.4, 0.5) is 5.69 Å². The lowest BCUT2D eigenvalue weighted by Gasteiger charge is -2.24. The first-order chi connectivity index (χ1) is 9.20. The smallest absolute Gasteiger partial charge is 0.305 e. The zero-order valence-electron chi connectivity index (χ0n) is 11.6. The minimum absolute atomic E-state index is 0.120. The number of methoxy groups -OCH3 is 1. The van der Waals surface area contributed by atoms with Gasteiger partial charge < -0.3 is 9.64 Å². The average molecular weight is 279 g/mol. The Bertz CT molecular complexity index is 436. The molecule has 0 saturated carbocycles. The number of benzene rings is 1. The van der Waals surface area contributed by atoms with Gasteiger partial charge in [-0.3, -0.25) is 4.79 Å². The number of esters is 1. The molecule has 3 nitrogen and oxygen atoms in total. The van der Waals surface area contributed by atoms with Crippen molar-refractivity contribution in [2.75, 3.05) is 25.1 Å². The molecule has 0 amide bonds. The second-order valence-electron chi connectivity index (χ2n) is 4.85. The third-order valence-electron chi connectivity index (χ3n) is 3.38. The quantitative estimate of drug-likeness (QED) is 0.791. The largest absolute Gasteiger partial charge is 0.469 e. The number of carbonyl (C=O) groups is 1. The van der Waals surface area contributed by atoms with Crippen molar-refractivity contribution in [2.45, 2.75) is 36.3 Å². The van der Waals surface area contributed by atoms with Crippen LogP contribution in [0.3, 0.4) is 0 Å². The van der Waals surface area contributed by atoms with Crippen molar-refractivity contribution in [3.8, 4) is 0 Å². The van der Waals surface area contributed by atoms with Crippen molar-refractivity contribution in [1.29, 1.82) is 0 Å². The molecule has 0 N–H and O–H groups in total. The van der Waals surface area contributed by atoms with Crippen molar-refractivity contribution in [3.63, 3.8) is 0 Å². The maximum absolute atomic E-state index is 11.2. The Morgan fingerprint density at radius 3 is 3.05 bits per heavy atom. The molecule has 104 valence electrons. The van der Waals surface area contributed by atoms with Gasteiger partial charge in [0.05, 0.1) is 12.8 Å². The Labute approximate surface area is 119 Å². The molecule has 0 saturated heterocycles. The first-order valence-corrected chi connectivity index (χ1v) is 7.66. The maximum atomic E-state index is 11.2. The lowest BCUT2D eigenvalue weighted by atomic mass is 10.2. The average Bonchev–Trinajstić information content (AvgIpc) is 2.58. The van der Waals surface area contributed by atoms with Crippen LogP contribution in [-0.4, -0.2) is 31.4 Å².